The molecular weight excluding hydrogens is 415 g/mol. The molecule has 0 radical (unpaired) electrons. The standard InChI is InChI=1S/C18H22N4O.HI/c1-12-6-7-15(17(23)22(12)2)11-20-18(19)21-16-9-8-13-4-3-5-14(13)10-16;/h6-10H,3-5,11H2,1-2H3,(H3,19,20,21);1H. The number of rotatable bonds is 3. The van der Waals surface area contributed by atoms with Crippen molar-refractivity contribution in [1.82, 2.24) is 4.57 Å². The van der Waals surface area contributed by atoms with E-state index in [2.05, 4.69) is 22.4 Å². The number of nitrogens with one attached hydrogen (secondary N) is 1. The number of guanidine groups is 1. The topological polar surface area (TPSA) is 72.4 Å². The first-order chi connectivity index (χ1) is 11.0. The highest BCUT2D eigenvalue weighted by atomic mass is 127. The van der Waals surface area contributed by atoms with Gasteiger partial charge in [-0.3, -0.25) is 4.79 Å². The quantitative estimate of drug-likeness (QED) is 0.440. The molecular formula is C18H23IN4O. The van der Waals surface area contributed by atoms with Gasteiger partial charge in [-0.25, -0.2) is 4.99 Å². The van der Waals surface area contributed by atoms with E-state index in [9.17, 15) is 4.79 Å². The predicted octanol–water partition coefficient (Wildman–Crippen LogP) is 2.73. The van der Waals surface area contributed by atoms with Gasteiger partial charge in [-0.1, -0.05) is 6.07 Å². The van der Waals surface area contributed by atoms with Crippen molar-refractivity contribution in [3.05, 3.63) is 63.1 Å². The molecule has 1 aliphatic rings. The number of nitrogens with two attached hydrogens (primary N) is 1. The Kier molecular flexibility index (Phi) is 6.04. The lowest BCUT2D eigenvalue weighted by Crippen LogP contribution is -2.25. The van der Waals surface area contributed by atoms with E-state index in [4.69, 9.17) is 5.73 Å². The summed E-state index contributed by atoms with van der Waals surface area (Å²) in [5.74, 6) is 0.325. The average Bonchev–Trinajstić information content (AvgIpc) is 2.99. The SMILES string of the molecule is Cc1ccc(CN=C(N)Nc2ccc3c(c2)CCC3)c(=O)n1C.I. The molecule has 1 aliphatic carbocycles. The van der Waals surface area contributed by atoms with Gasteiger partial charge in [0.1, 0.15) is 0 Å². The van der Waals surface area contributed by atoms with Crippen LogP contribution in [0.25, 0.3) is 0 Å². The molecule has 0 unspecified atom stereocenters. The zero-order valence-corrected chi connectivity index (χ0v) is 16.3. The summed E-state index contributed by atoms with van der Waals surface area (Å²) in [4.78, 5) is 16.4. The van der Waals surface area contributed by atoms with Gasteiger partial charge < -0.3 is 15.6 Å². The third kappa shape index (κ3) is 3.98. The molecule has 2 aromatic rings. The molecule has 0 amide bonds. The first kappa shape index (κ1) is 18.5. The van der Waals surface area contributed by atoms with Crippen LogP contribution in [-0.2, 0) is 26.4 Å². The summed E-state index contributed by atoms with van der Waals surface area (Å²) >= 11 is 0. The molecule has 0 bridgehead atoms. The van der Waals surface area contributed by atoms with Gasteiger partial charge >= 0.3 is 0 Å². The summed E-state index contributed by atoms with van der Waals surface area (Å²) in [6.07, 6.45) is 3.51. The lowest BCUT2D eigenvalue weighted by Gasteiger charge is -2.08. The van der Waals surface area contributed by atoms with Crippen molar-refractivity contribution in [2.75, 3.05) is 5.32 Å². The van der Waals surface area contributed by atoms with Crippen molar-refractivity contribution in [3.8, 4) is 0 Å². The Balaban J connectivity index is 0.00000208. The summed E-state index contributed by atoms with van der Waals surface area (Å²) in [7, 11) is 1.76. The van der Waals surface area contributed by atoms with Crippen LogP contribution in [0.15, 0.2) is 40.1 Å². The van der Waals surface area contributed by atoms with E-state index in [0.29, 0.717) is 11.5 Å². The Hall–Kier alpha value is -1.83. The number of hydrogen-bond donors (Lipinski definition) is 2. The Morgan fingerprint density at radius 1 is 1.25 bits per heavy atom. The third-order valence-corrected chi connectivity index (χ3v) is 4.42. The smallest absolute Gasteiger partial charge is 0.255 e. The van der Waals surface area contributed by atoms with E-state index >= 15 is 0 Å². The second-order valence-electron chi connectivity index (χ2n) is 6.03. The lowest BCUT2D eigenvalue weighted by atomic mass is 10.1. The molecule has 0 spiro atoms. The fourth-order valence-electron chi connectivity index (χ4n) is 2.91. The second-order valence-corrected chi connectivity index (χ2v) is 6.03. The number of nitrogens with zero attached hydrogens (tertiary/aromatic N) is 2. The largest absolute Gasteiger partial charge is 0.370 e. The van der Waals surface area contributed by atoms with Crippen LogP contribution in [-0.4, -0.2) is 10.5 Å². The molecule has 0 fully saturated rings. The number of aliphatic imine (C=N–C) groups is 1. The van der Waals surface area contributed by atoms with Crippen LogP contribution < -0.4 is 16.6 Å². The van der Waals surface area contributed by atoms with Crippen molar-refractivity contribution in [2.45, 2.75) is 32.7 Å². The maximum atomic E-state index is 12.1. The number of pyridine rings is 1. The Bertz CT molecular complexity index is 826. The molecule has 0 atom stereocenters. The van der Waals surface area contributed by atoms with Crippen LogP contribution in [0.2, 0.25) is 0 Å². The molecule has 3 N–H and O–H groups in total. The second kappa shape index (κ2) is 7.83. The van der Waals surface area contributed by atoms with Crippen LogP contribution in [0.1, 0.15) is 28.8 Å². The summed E-state index contributed by atoms with van der Waals surface area (Å²) < 4.78 is 1.62. The molecule has 5 nitrogen and oxygen atoms in total. The molecule has 6 heteroatoms. The van der Waals surface area contributed by atoms with E-state index in [1.165, 1.54) is 17.5 Å². The fourth-order valence-corrected chi connectivity index (χ4v) is 2.91. The minimum Gasteiger partial charge on any atom is -0.370 e. The average molecular weight is 438 g/mol. The lowest BCUT2D eigenvalue weighted by molar-refractivity contribution is 0.795. The van der Waals surface area contributed by atoms with Gasteiger partial charge in [-0.05, 0) is 61.6 Å². The number of hydrogen-bond acceptors (Lipinski definition) is 2. The first-order valence-corrected chi connectivity index (χ1v) is 7.89. The van der Waals surface area contributed by atoms with E-state index in [1.54, 1.807) is 11.6 Å². The van der Waals surface area contributed by atoms with E-state index < -0.39 is 0 Å². The summed E-state index contributed by atoms with van der Waals surface area (Å²) in [6.45, 7) is 2.18. The van der Waals surface area contributed by atoms with Gasteiger partial charge in [0, 0.05) is 24.0 Å². The van der Waals surface area contributed by atoms with Gasteiger partial charge in [0.25, 0.3) is 5.56 Å². The van der Waals surface area contributed by atoms with Crippen molar-refractivity contribution in [3.63, 3.8) is 0 Å². The van der Waals surface area contributed by atoms with Gasteiger partial charge in [-0.15, -0.1) is 24.0 Å². The highest BCUT2D eigenvalue weighted by molar-refractivity contribution is 14.0. The number of aromatic nitrogens is 1. The molecule has 1 aromatic carbocycles. The van der Waals surface area contributed by atoms with Crippen LogP contribution in [0.5, 0.6) is 0 Å². The normalized spacial score (nSPS) is 13.3. The monoisotopic (exact) mass is 438 g/mol. The molecule has 3 rings (SSSR count). The Morgan fingerprint density at radius 2 is 2.00 bits per heavy atom. The minimum atomic E-state index is -0.0286. The van der Waals surface area contributed by atoms with E-state index in [1.807, 2.05) is 25.1 Å². The Labute approximate surface area is 159 Å². The summed E-state index contributed by atoms with van der Waals surface area (Å²) in [5, 5.41) is 3.11. The van der Waals surface area contributed by atoms with Crippen molar-refractivity contribution in [2.24, 2.45) is 17.8 Å². The number of fused-ring (bicyclic) bond motifs is 1. The highest BCUT2D eigenvalue weighted by Gasteiger charge is 2.11. The van der Waals surface area contributed by atoms with Crippen molar-refractivity contribution >= 4 is 35.6 Å². The zero-order chi connectivity index (χ0) is 16.4. The number of anilines is 1. The van der Waals surface area contributed by atoms with Crippen molar-refractivity contribution < 1.29 is 0 Å². The number of halogens is 1. The fraction of sp³-hybridized carbons (Fsp3) is 0.333. The zero-order valence-electron chi connectivity index (χ0n) is 14.0. The number of aryl methyl sites for hydroxylation is 3. The van der Waals surface area contributed by atoms with Crippen LogP contribution in [0.4, 0.5) is 5.69 Å². The Morgan fingerprint density at radius 3 is 2.79 bits per heavy atom. The molecule has 0 saturated heterocycles. The van der Waals surface area contributed by atoms with Crippen LogP contribution in [0.3, 0.4) is 0 Å². The van der Waals surface area contributed by atoms with Crippen molar-refractivity contribution in [1.29, 1.82) is 0 Å². The van der Waals surface area contributed by atoms with Gasteiger partial charge in [0.05, 0.1) is 6.54 Å². The van der Waals surface area contributed by atoms with Gasteiger partial charge in [0.2, 0.25) is 0 Å². The minimum absolute atomic E-state index is 0. The predicted molar refractivity (Wildman–Crippen MR) is 109 cm³/mol. The van der Waals surface area contributed by atoms with Crippen LogP contribution in [0, 0.1) is 6.92 Å². The third-order valence-electron chi connectivity index (χ3n) is 4.42. The van der Waals surface area contributed by atoms with E-state index in [-0.39, 0.29) is 36.1 Å². The molecule has 0 aliphatic heterocycles. The highest BCUT2D eigenvalue weighted by Crippen LogP contribution is 2.24. The van der Waals surface area contributed by atoms with Gasteiger partial charge in [-0.2, -0.15) is 0 Å². The summed E-state index contributed by atoms with van der Waals surface area (Å²) in [6, 6.07) is 10.0. The van der Waals surface area contributed by atoms with Crippen LogP contribution >= 0.6 is 24.0 Å². The van der Waals surface area contributed by atoms with Gasteiger partial charge in [0.15, 0.2) is 5.96 Å². The summed E-state index contributed by atoms with van der Waals surface area (Å²) in [5.41, 5.74) is 11.2. The number of benzene rings is 1. The maximum Gasteiger partial charge on any atom is 0.255 e. The molecule has 0 saturated carbocycles. The molecule has 1 aromatic heterocycles. The molecule has 24 heavy (non-hydrogen) atoms. The first-order valence-electron chi connectivity index (χ1n) is 7.89. The maximum absolute atomic E-state index is 12.1. The molecule has 128 valence electrons. The van der Waals surface area contributed by atoms with E-state index in [0.717, 1.165) is 24.2 Å². The molecule has 1 heterocycles.